The van der Waals surface area contributed by atoms with Crippen LogP contribution in [0, 0.1) is 0 Å². The third-order valence-electron chi connectivity index (χ3n) is 2.26. The fourth-order valence-electron chi connectivity index (χ4n) is 1.46. The van der Waals surface area contributed by atoms with Crippen LogP contribution in [0.1, 0.15) is 5.82 Å². The number of H-pyrrole nitrogens is 1. The Hall–Kier alpha value is -0.900. The molecule has 0 aliphatic heterocycles. The number of thioether (sulfide) groups is 2. The number of nitrogens with one attached hydrogen (secondary N) is 1. The van der Waals surface area contributed by atoms with Crippen LogP contribution in [0.3, 0.4) is 0 Å². The topological polar surface area (TPSA) is 71.5 Å². The van der Waals surface area contributed by atoms with E-state index < -0.39 is 0 Å². The molecule has 3 aromatic rings. The Bertz CT molecular complexity index is 762. The van der Waals surface area contributed by atoms with Crippen molar-refractivity contribution in [1.82, 2.24) is 20.2 Å². The molecule has 0 aliphatic rings. The number of hydrogen-bond acceptors (Lipinski definition) is 8. The second-order valence-corrected chi connectivity index (χ2v) is 7.64. The Morgan fingerprint density at radius 1 is 1.37 bits per heavy atom. The molecule has 0 saturated carbocycles. The highest BCUT2D eigenvalue weighted by Crippen LogP contribution is 2.29. The van der Waals surface area contributed by atoms with Gasteiger partial charge in [-0.3, -0.25) is 4.79 Å². The van der Waals surface area contributed by atoms with Crippen LogP contribution in [-0.2, 0) is 5.75 Å². The Labute approximate surface area is 124 Å². The lowest BCUT2D eigenvalue weighted by Crippen LogP contribution is -2.09. The van der Waals surface area contributed by atoms with Crippen LogP contribution in [0.4, 0.5) is 0 Å². The van der Waals surface area contributed by atoms with Crippen molar-refractivity contribution >= 4 is 56.4 Å². The molecule has 0 bridgehead atoms. The maximum atomic E-state index is 11.8. The summed E-state index contributed by atoms with van der Waals surface area (Å²) in [5.41, 5.74) is 0.684. The zero-order valence-corrected chi connectivity index (χ0v) is 13.0. The van der Waals surface area contributed by atoms with Crippen molar-refractivity contribution in [1.29, 1.82) is 0 Å². The number of thiophene rings is 1. The van der Waals surface area contributed by atoms with Crippen LogP contribution < -0.4 is 5.56 Å². The van der Waals surface area contributed by atoms with Gasteiger partial charge in [0.1, 0.15) is 10.5 Å². The summed E-state index contributed by atoms with van der Waals surface area (Å²) in [6.45, 7) is 0. The van der Waals surface area contributed by atoms with Crippen LogP contribution in [0.5, 0.6) is 0 Å². The number of aromatic amines is 1. The van der Waals surface area contributed by atoms with Gasteiger partial charge in [-0.25, -0.2) is 4.98 Å². The fraction of sp³-hybridized carbons (Fsp3) is 0.200. The third-order valence-corrected chi connectivity index (χ3v) is 6.20. The molecule has 5 nitrogen and oxygen atoms in total. The van der Waals surface area contributed by atoms with Gasteiger partial charge in [0.25, 0.3) is 5.56 Å². The normalized spacial score (nSPS) is 11.2. The smallest absolute Gasteiger partial charge is 0.268 e. The Kier molecular flexibility index (Phi) is 3.87. The zero-order chi connectivity index (χ0) is 13.2. The van der Waals surface area contributed by atoms with E-state index in [1.165, 1.54) is 23.1 Å². The number of hydrogen-bond donors (Lipinski definition) is 1. The molecule has 0 spiro atoms. The summed E-state index contributed by atoms with van der Waals surface area (Å²) in [4.78, 5) is 19.0. The first-order valence-corrected chi connectivity index (χ1v) is 9.13. The van der Waals surface area contributed by atoms with Crippen LogP contribution in [0.25, 0.3) is 10.2 Å². The molecule has 19 heavy (non-hydrogen) atoms. The fourth-order valence-corrected chi connectivity index (χ4v) is 4.49. The minimum Gasteiger partial charge on any atom is -0.309 e. The summed E-state index contributed by atoms with van der Waals surface area (Å²) in [5.74, 6) is 1.26. The molecule has 0 unspecified atom stereocenters. The first kappa shape index (κ1) is 13.1. The van der Waals surface area contributed by atoms with E-state index in [1.807, 2.05) is 17.7 Å². The highest BCUT2D eigenvalue weighted by atomic mass is 32.2. The SMILES string of the molecule is CSc1nnc(SCc2nc3ccsc3c(=O)[nH]2)s1. The lowest BCUT2D eigenvalue weighted by molar-refractivity contribution is 0.953. The van der Waals surface area contributed by atoms with Crippen molar-refractivity contribution in [3.05, 3.63) is 27.6 Å². The molecule has 0 amide bonds. The largest absolute Gasteiger partial charge is 0.309 e. The molecule has 0 aromatic carbocycles. The Morgan fingerprint density at radius 3 is 3.00 bits per heavy atom. The highest BCUT2D eigenvalue weighted by Gasteiger charge is 2.08. The minimum atomic E-state index is -0.0716. The first-order chi connectivity index (χ1) is 9.26. The van der Waals surface area contributed by atoms with Gasteiger partial charge in [-0.1, -0.05) is 34.9 Å². The Morgan fingerprint density at radius 2 is 2.21 bits per heavy atom. The van der Waals surface area contributed by atoms with Crippen LogP contribution in [0.15, 0.2) is 24.9 Å². The quantitative estimate of drug-likeness (QED) is 0.743. The predicted octanol–water partition coefficient (Wildman–Crippen LogP) is 2.85. The summed E-state index contributed by atoms with van der Waals surface area (Å²) in [6, 6.07) is 1.86. The van der Waals surface area contributed by atoms with Crippen LogP contribution >= 0.6 is 46.2 Å². The molecule has 0 atom stereocenters. The Balaban J connectivity index is 1.79. The standard InChI is InChI=1S/C10H8N4OS4/c1-16-9-13-14-10(19-9)18-4-6-11-5-2-3-17-7(5)8(15)12-6/h2-3H,4H2,1H3,(H,11,12,15). The maximum absolute atomic E-state index is 11.8. The van der Waals surface area contributed by atoms with Gasteiger partial charge >= 0.3 is 0 Å². The first-order valence-electron chi connectivity index (χ1n) is 5.23. The van der Waals surface area contributed by atoms with Gasteiger partial charge < -0.3 is 4.98 Å². The van der Waals surface area contributed by atoms with E-state index >= 15 is 0 Å². The van der Waals surface area contributed by atoms with Crippen molar-refractivity contribution in [3.8, 4) is 0 Å². The highest BCUT2D eigenvalue weighted by molar-refractivity contribution is 8.02. The van der Waals surface area contributed by atoms with Gasteiger partial charge in [-0.05, 0) is 17.7 Å². The van der Waals surface area contributed by atoms with Gasteiger partial charge in [-0.2, -0.15) is 0 Å². The van der Waals surface area contributed by atoms with E-state index in [0.717, 1.165) is 14.2 Å². The number of nitrogens with zero attached hydrogens (tertiary/aromatic N) is 3. The minimum absolute atomic E-state index is 0.0716. The third kappa shape index (κ3) is 2.83. The molecule has 9 heteroatoms. The second-order valence-electron chi connectivity index (χ2n) is 3.47. The molecular weight excluding hydrogens is 320 g/mol. The molecule has 3 aromatic heterocycles. The van der Waals surface area contributed by atoms with E-state index in [-0.39, 0.29) is 5.56 Å². The monoisotopic (exact) mass is 328 g/mol. The molecule has 0 saturated heterocycles. The summed E-state index contributed by atoms with van der Waals surface area (Å²) in [7, 11) is 0. The maximum Gasteiger partial charge on any atom is 0.268 e. The molecule has 0 radical (unpaired) electrons. The summed E-state index contributed by atoms with van der Waals surface area (Å²) in [5, 5.41) is 9.97. The number of fused-ring (bicyclic) bond motifs is 1. The average Bonchev–Trinajstić information content (AvgIpc) is 3.05. The lowest BCUT2D eigenvalue weighted by atomic mass is 10.4. The van der Waals surface area contributed by atoms with Gasteiger partial charge in [0.15, 0.2) is 8.68 Å². The summed E-state index contributed by atoms with van der Waals surface area (Å²) in [6.07, 6.45) is 1.97. The van der Waals surface area contributed by atoms with Crippen molar-refractivity contribution < 1.29 is 0 Å². The van der Waals surface area contributed by atoms with E-state index in [4.69, 9.17) is 0 Å². The van der Waals surface area contributed by atoms with Gasteiger partial charge in [0.2, 0.25) is 0 Å². The number of rotatable bonds is 4. The molecule has 98 valence electrons. The predicted molar refractivity (Wildman–Crippen MR) is 81.5 cm³/mol. The van der Waals surface area contributed by atoms with Crippen molar-refractivity contribution in [2.45, 2.75) is 14.4 Å². The van der Waals surface area contributed by atoms with Gasteiger partial charge in [0, 0.05) is 0 Å². The van der Waals surface area contributed by atoms with Crippen molar-refractivity contribution in [2.75, 3.05) is 6.26 Å². The number of aromatic nitrogens is 4. The van der Waals surface area contributed by atoms with E-state index in [2.05, 4.69) is 20.2 Å². The van der Waals surface area contributed by atoms with Crippen molar-refractivity contribution in [3.63, 3.8) is 0 Å². The lowest BCUT2D eigenvalue weighted by Gasteiger charge is -1.98. The molecule has 3 rings (SSSR count). The van der Waals surface area contributed by atoms with E-state index in [0.29, 0.717) is 16.3 Å². The molecule has 3 heterocycles. The molecule has 0 aliphatic carbocycles. The average molecular weight is 328 g/mol. The van der Waals surface area contributed by atoms with Gasteiger partial charge in [-0.15, -0.1) is 21.5 Å². The summed E-state index contributed by atoms with van der Waals surface area (Å²) < 4.78 is 2.50. The van der Waals surface area contributed by atoms with Crippen LogP contribution in [0.2, 0.25) is 0 Å². The molecular formula is C10H8N4OS4. The zero-order valence-electron chi connectivity index (χ0n) is 9.74. The summed E-state index contributed by atoms with van der Waals surface area (Å²) >= 11 is 6.06. The second kappa shape index (κ2) is 5.61. The molecule has 1 N–H and O–H groups in total. The van der Waals surface area contributed by atoms with Crippen molar-refractivity contribution in [2.24, 2.45) is 0 Å². The van der Waals surface area contributed by atoms with E-state index in [9.17, 15) is 4.79 Å². The van der Waals surface area contributed by atoms with E-state index in [1.54, 1.807) is 23.1 Å². The van der Waals surface area contributed by atoms with Gasteiger partial charge in [0.05, 0.1) is 11.3 Å². The van der Waals surface area contributed by atoms with Crippen LogP contribution in [-0.4, -0.2) is 26.4 Å². The molecule has 0 fully saturated rings.